The smallest absolute Gasteiger partial charge is 0.123 e. The molecule has 0 heterocycles. The highest BCUT2D eigenvalue weighted by molar-refractivity contribution is 5.38. The molecule has 3 heteroatoms. The summed E-state index contributed by atoms with van der Waals surface area (Å²) in [5.74, 6) is 1.51. The van der Waals surface area contributed by atoms with Crippen LogP contribution in [-0.4, -0.2) is 20.2 Å². The first kappa shape index (κ1) is 15.0. The molecular formula is C15H26N2O. The van der Waals surface area contributed by atoms with Gasteiger partial charge in [0.25, 0.3) is 0 Å². The van der Waals surface area contributed by atoms with Gasteiger partial charge in [0.15, 0.2) is 0 Å². The van der Waals surface area contributed by atoms with Crippen molar-refractivity contribution < 1.29 is 4.74 Å². The monoisotopic (exact) mass is 250 g/mol. The summed E-state index contributed by atoms with van der Waals surface area (Å²) >= 11 is 0. The van der Waals surface area contributed by atoms with Crippen molar-refractivity contribution in [2.45, 2.75) is 39.2 Å². The molecule has 0 aliphatic carbocycles. The second kappa shape index (κ2) is 8.11. The predicted molar refractivity (Wildman–Crippen MR) is 77.1 cm³/mol. The summed E-state index contributed by atoms with van der Waals surface area (Å²) in [7, 11) is 1.73. The number of nitrogens with two attached hydrogens (primary N) is 1. The third-order valence-electron chi connectivity index (χ3n) is 3.10. The summed E-state index contributed by atoms with van der Waals surface area (Å²) in [6.07, 6.45) is 2.21. The van der Waals surface area contributed by atoms with Crippen molar-refractivity contribution in [1.29, 1.82) is 0 Å². The first-order valence-electron chi connectivity index (χ1n) is 6.76. The predicted octanol–water partition coefficient (Wildman–Crippen LogP) is 2.65. The molecule has 102 valence electrons. The van der Waals surface area contributed by atoms with E-state index in [1.165, 1.54) is 11.1 Å². The van der Waals surface area contributed by atoms with Gasteiger partial charge >= 0.3 is 0 Å². The number of rotatable bonds is 8. The van der Waals surface area contributed by atoms with Gasteiger partial charge in [-0.25, -0.2) is 0 Å². The van der Waals surface area contributed by atoms with Crippen LogP contribution in [0.3, 0.4) is 0 Å². The van der Waals surface area contributed by atoms with Crippen molar-refractivity contribution in [1.82, 2.24) is 5.32 Å². The van der Waals surface area contributed by atoms with Crippen LogP contribution < -0.4 is 15.8 Å². The molecular weight excluding hydrogens is 224 g/mol. The van der Waals surface area contributed by atoms with Crippen LogP contribution in [-0.2, 0) is 6.54 Å². The van der Waals surface area contributed by atoms with Crippen LogP contribution in [0.2, 0.25) is 0 Å². The Bertz CT molecular complexity index is 350. The highest BCUT2D eigenvalue weighted by Crippen LogP contribution is 2.24. The highest BCUT2D eigenvalue weighted by atomic mass is 16.5. The topological polar surface area (TPSA) is 47.3 Å². The molecule has 0 bridgehead atoms. The zero-order chi connectivity index (χ0) is 13.4. The highest BCUT2D eigenvalue weighted by Gasteiger charge is 2.06. The van der Waals surface area contributed by atoms with Gasteiger partial charge < -0.3 is 15.8 Å². The van der Waals surface area contributed by atoms with Gasteiger partial charge in [0.05, 0.1) is 7.11 Å². The van der Waals surface area contributed by atoms with Crippen molar-refractivity contribution >= 4 is 0 Å². The van der Waals surface area contributed by atoms with Crippen LogP contribution in [0.1, 0.15) is 43.7 Å². The summed E-state index contributed by atoms with van der Waals surface area (Å²) in [6.45, 7) is 7.02. The van der Waals surface area contributed by atoms with E-state index in [-0.39, 0.29) is 0 Å². The quantitative estimate of drug-likeness (QED) is 0.697. The van der Waals surface area contributed by atoms with Crippen LogP contribution >= 0.6 is 0 Å². The summed E-state index contributed by atoms with van der Waals surface area (Å²) < 4.78 is 5.45. The zero-order valence-corrected chi connectivity index (χ0v) is 11.8. The lowest BCUT2D eigenvalue weighted by Gasteiger charge is -2.13. The van der Waals surface area contributed by atoms with Crippen molar-refractivity contribution in [2.24, 2.45) is 5.73 Å². The van der Waals surface area contributed by atoms with E-state index in [4.69, 9.17) is 10.5 Å². The molecule has 1 aromatic rings. The fourth-order valence-electron chi connectivity index (χ4n) is 1.88. The van der Waals surface area contributed by atoms with Crippen molar-refractivity contribution in [3.05, 3.63) is 29.3 Å². The molecule has 0 radical (unpaired) electrons. The minimum Gasteiger partial charge on any atom is -0.496 e. The Hall–Kier alpha value is -1.06. The molecule has 0 spiro atoms. The fourth-order valence-corrected chi connectivity index (χ4v) is 1.88. The molecule has 18 heavy (non-hydrogen) atoms. The molecule has 3 nitrogen and oxygen atoms in total. The third-order valence-corrected chi connectivity index (χ3v) is 3.10. The number of unbranched alkanes of at least 4 members (excludes halogenated alkanes) is 1. The minimum atomic E-state index is 0.533. The van der Waals surface area contributed by atoms with Crippen LogP contribution in [0.25, 0.3) is 0 Å². The van der Waals surface area contributed by atoms with Crippen molar-refractivity contribution in [3.63, 3.8) is 0 Å². The third kappa shape index (κ3) is 4.67. The summed E-state index contributed by atoms with van der Waals surface area (Å²) in [4.78, 5) is 0. The number of hydrogen-bond acceptors (Lipinski definition) is 3. The van der Waals surface area contributed by atoms with Crippen LogP contribution in [0, 0.1) is 0 Å². The lowest BCUT2D eigenvalue weighted by molar-refractivity contribution is 0.406. The number of hydrogen-bond donors (Lipinski definition) is 2. The molecule has 0 fully saturated rings. The van der Waals surface area contributed by atoms with E-state index in [1.54, 1.807) is 7.11 Å². The molecule has 3 N–H and O–H groups in total. The molecule has 0 unspecified atom stereocenters. The van der Waals surface area contributed by atoms with E-state index in [0.717, 1.165) is 38.2 Å². The Labute approximate surface area is 111 Å². The second-order valence-electron chi connectivity index (χ2n) is 4.90. The lowest BCUT2D eigenvalue weighted by atomic mass is 10.0. The molecule has 0 aliphatic heterocycles. The van der Waals surface area contributed by atoms with Gasteiger partial charge in [0.1, 0.15) is 5.75 Å². The zero-order valence-electron chi connectivity index (χ0n) is 11.8. The average Bonchev–Trinajstić information content (AvgIpc) is 2.38. The van der Waals surface area contributed by atoms with Gasteiger partial charge in [-0.2, -0.15) is 0 Å². The Kier molecular flexibility index (Phi) is 6.76. The Morgan fingerprint density at radius 2 is 2.06 bits per heavy atom. The first-order valence-corrected chi connectivity index (χ1v) is 6.76. The van der Waals surface area contributed by atoms with E-state index in [1.807, 2.05) is 0 Å². The SMILES string of the molecule is COc1cc(C(C)C)ccc1CNCCCCN. The standard InChI is InChI=1S/C15H26N2O/c1-12(2)13-6-7-14(15(10-13)18-3)11-17-9-5-4-8-16/h6-7,10,12,17H,4-5,8-9,11,16H2,1-3H3. The maximum atomic E-state index is 5.46. The summed E-state index contributed by atoms with van der Waals surface area (Å²) in [6, 6.07) is 6.48. The minimum absolute atomic E-state index is 0.533. The van der Waals surface area contributed by atoms with E-state index in [0.29, 0.717) is 5.92 Å². The van der Waals surface area contributed by atoms with E-state index in [2.05, 4.69) is 37.4 Å². The molecule has 1 aromatic carbocycles. The van der Waals surface area contributed by atoms with Crippen LogP contribution in [0.5, 0.6) is 5.75 Å². The number of ether oxygens (including phenoxy) is 1. The van der Waals surface area contributed by atoms with E-state index < -0.39 is 0 Å². The van der Waals surface area contributed by atoms with E-state index in [9.17, 15) is 0 Å². The van der Waals surface area contributed by atoms with Gasteiger partial charge in [-0.05, 0) is 43.5 Å². The van der Waals surface area contributed by atoms with Crippen molar-refractivity contribution in [3.8, 4) is 5.75 Å². The lowest BCUT2D eigenvalue weighted by Crippen LogP contribution is -2.16. The molecule has 0 aliphatic rings. The Morgan fingerprint density at radius 1 is 1.28 bits per heavy atom. The van der Waals surface area contributed by atoms with Crippen LogP contribution in [0.4, 0.5) is 0 Å². The van der Waals surface area contributed by atoms with Gasteiger partial charge in [-0.15, -0.1) is 0 Å². The van der Waals surface area contributed by atoms with Gasteiger partial charge in [0.2, 0.25) is 0 Å². The first-order chi connectivity index (χ1) is 8.69. The summed E-state index contributed by atoms with van der Waals surface area (Å²) in [5.41, 5.74) is 8.00. The fraction of sp³-hybridized carbons (Fsp3) is 0.600. The normalized spacial score (nSPS) is 10.9. The second-order valence-corrected chi connectivity index (χ2v) is 4.90. The Balaban J connectivity index is 2.54. The van der Waals surface area contributed by atoms with Crippen LogP contribution in [0.15, 0.2) is 18.2 Å². The van der Waals surface area contributed by atoms with Gasteiger partial charge in [-0.3, -0.25) is 0 Å². The molecule has 0 saturated carbocycles. The van der Waals surface area contributed by atoms with Gasteiger partial charge in [-0.1, -0.05) is 26.0 Å². The van der Waals surface area contributed by atoms with Gasteiger partial charge in [0, 0.05) is 12.1 Å². The number of benzene rings is 1. The Morgan fingerprint density at radius 3 is 2.67 bits per heavy atom. The molecule has 0 atom stereocenters. The molecule has 0 aromatic heterocycles. The van der Waals surface area contributed by atoms with Crippen molar-refractivity contribution in [2.75, 3.05) is 20.2 Å². The largest absolute Gasteiger partial charge is 0.496 e. The molecule has 0 saturated heterocycles. The maximum Gasteiger partial charge on any atom is 0.123 e. The molecule has 0 amide bonds. The molecule has 1 rings (SSSR count). The average molecular weight is 250 g/mol. The summed E-state index contributed by atoms with van der Waals surface area (Å²) in [5, 5.41) is 3.42. The number of nitrogens with one attached hydrogen (secondary N) is 1. The maximum absolute atomic E-state index is 5.46. The van der Waals surface area contributed by atoms with E-state index >= 15 is 0 Å². The number of methoxy groups -OCH3 is 1.